The van der Waals surface area contributed by atoms with Gasteiger partial charge in [0.25, 0.3) is 0 Å². The van der Waals surface area contributed by atoms with Crippen molar-refractivity contribution in [1.29, 1.82) is 0 Å². The molecule has 118 valence electrons. The van der Waals surface area contributed by atoms with Crippen molar-refractivity contribution in [2.45, 2.75) is 39.4 Å². The number of thiophene rings is 1. The molecule has 0 saturated heterocycles. The molecular weight excluding hydrogens is 314 g/mol. The predicted molar refractivity (Wildman–Crippen MR) is 91.2 cm³/mol. The molecular formula is C16H21N3OS2. The van der Waals surface area contributed by atoms with E-state index in [-0.39, 0.29) is 11.9 Å². The third kappa shape index (κ3) is 3.24. The van der Waals surface area contributed by atoms with Gasteiger partial charge in [-0.3, -0.25) is 9.69 Å². The summed E-state index contributed by atoms with van der Waals surface area (Å²) in [5.41, 5.74) is 1.32. The van der Waals surface area contributed by atoms with Gasteiger partial charge in [0.15, 0.2) is 0 Å². The summed E-state index contributed by atoms with van der Waals surface area (Å²) in [6, 6.07) is 2.04. The van der Waals surface area contributed by atoms with Gasteiger partial charge in [0.1, 0.15) is 0 Å². The summed E-state index contributed by atoms with van der Waals surface area (Å²) in [4.78, 5) is 23.8. The lowest BCUT2D eigenvalue weighted by atomic mass is 10.1. The second-order valence-corrected chi connectivity index (χ2v) is 8.14. The van der Waals surface area contributed by atoms with Crippen molar-refractivity contribution in [1.82, 2.24) is 14.8 Å². The first-order valence-electron chi connectivity index (χ1n) is 7.50. The van der Waals surface area contributed by atoms with Gasteiger partial charge in [-0.05, 0) is 44.3 Å². The molecule has 2 aromatic heterocycles. The van der Waals surface area contributed by atoms with Crippen molar-refractivity contribution in [2.24, 2.45) is 0 Å². The van der Waals surface area contributed by atoms with E-state index in [0.717, 1.165) is 31.1 Å². The number of hydrogen-bond acceptors (Lipinski definition) is 5. The van der Waals surface area contributed by atoms with Crippen LogP contribution in [0.1, 0.15) is 27.2 Å². The van der Waals surface area contributed by atoms with E-state index in [1.807, 2.05) is 32.0 Å². The Hall–Kier alpha value is -1.24. The quantitative estimate of drug-likeness (QED) is 0.862. The van der Waals surface area contributed by atoms with E-state index < -0.39 is 0 Å². The maximum Gasteiger partial charge on any atom is 0.239 e. The van der Waals surface area contributed by atoms with Crippen LogP contribution in [0.3, 0.4) is 0 Å². The summed E-state index contributed by atoms with van der Waals surface area (Å²) in [6.45, 7) is 6.38. The van der Waals surface area contributed by atoms with E-state index in [9.17, 15) is 4.79 Å². The number of nitrogens with zero attached hydrogens (tertiary/aromatic N) is 3. The highest BCUT2D eigenvalue weighted by Crippen LogP contribution is 2.25. The Balaban J connectivity index is 1.62. The van der Waals surface area contributed by atoms with Crippen molar-refractivity contribution in [2.75, 3.05) is 13.6 Å². The largest absolute Gasteiger partial charge is 0.337 e. The molecule has 2 aromatic rings. The summed E-state index contributed by atoms with van der Waals surface area (Å²) in [5.74, 6) is 0.223. The Morgan fingerprint density at radius 1 is 1.55 bits per heavy atom. The number of rotatable bonds is 4. The van der Waals surface area contributed by atoms with Gasteiger partial charge < -0.3 is 4.90 Å². The molecule has 4 nitrogen and oxygen atoms in total. The van der Waals surface area contributed by atoms with Gasteiger partial charge in [-0.15, -0.1) is 22.7 Å². The van der Waals surface area contributed by atoms with Crippen LogP contribution in [0.5, 0.6) is 0 Å². The first-order chi connectivity index (χ1) is 10.5. The van der Waals surface area contributed by atoms with Gasteiger partial charge >= 0.3 is 0 Å². The lowest BCUT2D eigenvalue weighted by Crippen LogP contribution is -2.46. The maximum atomic E-state index is 12.7. The summed E-state index contributed by atoms with van der Waals surface area (Å²) >= 11 is 3.50. The maximum absolute atomic E-state index is 12.7. The molecule has 3 heterocycles. The average molecular weight is 335 g/mol. The fourth-order valence-electron chi connectivity index (χ4n) is 2.75. The van der Waals surface area contributed by atoms with Gasteiger partial charge in [0.2, 0.25) is 5.91 Å². The van der Waals surface area contributed by atoms with Crippen LogP contribution in [0, 0.1) is 6.92 Å². The van der Waals surface area contributed by atoms with Crippen LogP contribution in [0.4, 0.5) is 0 Å². The topological polar surface area (TPSA) is 36.4 Å². The van der Waals surface area contributed by atoms with Crippen molar-refractivity contribution in [3.63, 3.8) is 0 Å². The summed E-state index contributed by atoms with van der Waals surface area (Å²) in [6.07, 6.45) is 2.90. The van der Waals surface area contributed by atoms with Crippen LogP contribution < -0.4 is 0 Å². The highest BCUT2D eigenvalue weighted by atomic mass is 32.1. The number of likely N-dealkylation sites (N-methyl/N-ethyl adjacent to an activating group) is 1. The molecule has 0 aromatic carbocycles. The fraction of sp³-hybridized carbons (Fsp3) is 0.500. The second-order valence-electron chi connectivity index (χ2n) is 5.82. The molecule has 1 aliphatic heterocycles. The van der Waals surface area contributed by atoms with Crippen molar-refractivity contribution < 1.29 is 4.79 Å². The summed E-state index contributed by atoms with van der Waals surface area (Å²) in [7, 11) is 2.01. The molecule has 3 rings (SSSR count). The van der Waals surface area contributed by atoms with Crippen LogP contribution in [0.15, 0.2) is 17.6 Å². The summed E-state index contributed by atoms with van der Waals surface area (Å²) in [5, 5.41) is 3.20. The highest BCUT2D eigenvalue weighted by molar-refractivity contribution is 7.11. The van der Waals surface area contributed by atoms with Crippen LogP contribution in [-0.4, -0.2) is 40.3 Å². The number of carbonyl (C=O) groups excluding carboxylic acids is 1. The zero-order valence-corrected chi connectivity index (χ0v) is 14.8. The molecule has 0 N–H and O–H groups in total. The molecule has 22 heavy (non-hydrogen) atoms. The lowest BCUT2D eigenvalue weighted by molar-refractivity contribution is -0.137. The lowest BCUT2D eigenvalue weighted by Gasteiger charge is -2.32. The number of aromatic nitrogens is 1. The second kappa shape index (κ2) is 6.48. The molecule has 0 bridgehead atoms. The standard InChI is InChI=1S/C16H21N3OS2/c1-11(18(3)10-14-8-17-12(2)22-14)16(20)19-6-4-15-13(9-19)5-7-21-15/h5,7-8,11H,4,6,9-10H2,1-3H3. The number of carbonyl (C=O) groups is 1. The van der Waals surface area contributed by atoms with Gasteiger partial charge in [0.05, 0.1) is 11.0 Å². The first kappa shape index (κ1) is 15.6. The van der Waals surface area contributed by atoms with Crippen LogP contribution >= 0.6 is 22.7 Å². The fourth-order valence-corrected chi connectivity index (χ4v) is 4.50. The molecule has 1 aliphatic rings. The van der Waals surface area contributed by atoms with Gasteiger partial charge in [-0.25, -0.2) is 4.98 Å². The van der Waals surface area contributed by atoms with Crippen LogP contribution in [0.2, 0.25) is 0 Å². The van der Waals surface area contributed by atoms with E-state index in [4.69, 9.17) is 0 Å². The number of amides is 1. The molecule has 6 heteroatoms. The van der Waals surface area contributed by atoms with Crippen molar-refractivity contribution >= 4 is 28.6 Å². The minimum Gasteiger partial charge on any atom is -0.337 e. The molecule has 0 saturated carbocycles. The minimum atomic E-state index is -0.109. The normalized spacial score (nSPS) is 15.9. The van der Waals surface area contributed by atoms with E-state index in [2.05, 4.69) is 21.3 Å². The van der Waals surface area contributed by atoms with E-state index in [1.54, 1.807) is 22.7 Å². The number of aryl methyl sites for hydroxylation is 1. The third-order valence-electron chi connectivity index (χ3n) is 4.21. The van der Waals surface area contributed by atoms with E-state index in [0.29, 0.717) is 0 Å². The van der Waals surface area contributed by atoms with E-state index in [1.165, 1.54) is 15.3 Å². The molecule has 1 unspecified atom stereocenters. The van der Waals surface area contributed by atoms with Gasteiger partial charge in [-0.1, -0.05) is 0 Å². The number of fused-ring (bicyclic) bond motifs is 1. The van der Waals surface area contributed by atoms with Crippen molar-refractivity contribution in [3.8, 4) is 0 Å². The number of thiazole rings is 1. The molecule has 0 fully saturated rings. The summed E-state index contributed by atoms with van der Waals surface area (Å²) < 4.78 is 0. The SMILES string of the molecule is Cc1ncc(CN(C)C(C)C(=O)N2CCc3sccc3C2)s1. The number of hydrogen-bond donors (Lipinski definition) is 0. The molecule has 0 aliphatic carbocycles. The van der Waals surface area contributed by atoms with Crippen LogP contribution in [-0.2, 0) is 24.3 Å². The monoisotopic (exact) mass is 335 g/mol. The van der Waals surface area contributed by atoms with Crippen LogP contribution in [0.25, 0.3) is 0 Å². The Bertz CT molecular complexity index is 664. The van der Waals surface area contributed by atoms with Gasteiger partial charge in [-0.2, -0.15) is 0 Å². The highest BCUT2D eigenvalue weighted by Gasteiger charge is 2.27. The third-order valence-corrected chi connectivity index (χ3v) is 6.13. The zero-order valence-electron chi connectivity index (χ0n) is 13.2. The van der Waals surface area contributed by atoms with Crippen molar-refractivity contribution in [3.05, 3.63) is 38.0 Å². The minimum absolute atomic E-state index is 0.109. The zero-order chi connectivity index (χ0) is 15.7. The van der Waals surface area contributed by atoms with Gasteiger partial charge in [0, 0.05) is 35.6 Å². The molecule has 1 atom stereocenters. The Labute approximate surface area is 139 Å². The molecule has 0 spiro atoms. The molecule has 1 amide bonds. The van der Waals surface area contributed by atoms with E-state index >= 15 is 0 Å². The average Bonchev–Trinajstić information content (AvgIpc) is 3.13. The Morgan fingerprint density at radius 3 is 3.09 bits per heavy atom. The Kier molecular flexibility index (Phi) is 4.61. The molecule has 0 radical (unpaired) electrons. The first-order valence-corrected chi connectivity index (χ1v) is 9.20. The smallest absolute Gasteiger partial charge is 0.239 e. The Morgan fingerprint density at radius 2 is 2.36 bits per heavy atom. The predicted octanol–water partition coefficient (Wildman–Crippen LogP) is 2.92.